The van der Waals surface area contributed by atoms with E-state index in [9.17, 15) is 36.7 Å². The number of benzene rings is 1. The zero-order valence-corrected chi connectivity index (χ0v) is 22.8. The fraction of sp³-hybridized carbons (Fsp3) is 0.464. The van der Waals surface area contributed by atoms with Crippen molar-refractivity contribution in [2.45, 2.75) is 55.9 Å². The van der Waals surface area contributed by atoms with Gasteiger partial charge in [-0.1, -0.05) is 13.0 Å². The third kappa shape index (κ3) is 4.26. The molecule has 2 aliphatic carbocycles. The number of hydrazone groups is 1. The molecule has 1 spiro atoms. The van der Waals surface area contributed by atoms with Crippen LogP contribution in [-0.2, 0) is 15.8 Å². The van der Waals surface area contributed by atoms with Gasteiger partial charge in [0.25, 0.3) is 11.8 Å². The Kier molecular flexibility index (Phi) is 6.24. The quantitative estimate of drug-likeness (QED) is 0.415. The van der Waals surface area contributed by atoms with Crippen LogP contribution in [0.25, 0.3) is 0 Å². The number of nitrogens with one attached hydrogen (secondary N) is 2. The number of urea groups is 1. The van der Waals surface area contributed by atoms with E-state index in [2.05, 4.69) is 15.8 Å². The Morgan fingerprint density at radius 2 is 1.81 bits per heavy atom. The lowest BCUT2D eigenvalue weighted by Crippen LogP contribution is -2.60. The summed E-state index contributed by atoms with van der Waals surface area (Å²) in [6, 6.07) is 1.05. The Morgan fingerprint density at radius 3 is 2.45 bits per heavy atom. The van der Waals surface area contributed by atoms with Crippen molar-refractivity contribution in [3.8, 4) is 0 Å². The number of imide groups is 1. The number of carbonyl (C=O) groups excluding carboxylic acids is 4. The molecule has 3 heterocycles. The van der Waals surface area contributed by atoms with Crippen LogP contribution in [0.4, 0.5) is 22.4 Å². The maximum Gasteiger partial charge on any atom is 0.416 e. The molecular formula is C28H28F4N6O4. The maximum absolute atomic E-state index is 14.3. The van der Waals surface area contributed by atoms with E-state index in [-0.39, 0.29) is 56.6 Å². The monoisotopic (exact) mass is 588 g/mol. The van der Waals surface area contributed by atoms with Gasteiger partial charge < -0.3 is 15.6 Å². The van der Waals surface area contributed by atoms with Gasteiger partial charge in [0.15, 0.2) is 0 Å². The molecule has 5 amide bonds. The van der Waals surface area contributed by atoms with Crippen LogP contribution >= 0.6 is 0 Å². The van der Waals surface area contributed by atoms with E-state index in [1.54, 1.807) is 6.21 Å². The van der Waals surface area contributed by atoms with Crippen molar-refractivity contribution in [1.29, 1.82) is 0 Å². The van der Waals surface area contributed by atoms with Gasteiger partial charge in [0.1, 0.15) is 16.9 Å². The molecule has 6 rings (SSSR count). The standard InChI is InChI=1S/C28H28F4N6O4/c1-15-11-18(12-16-14-33-35-21(15)16)38-25(42)36(2)24(41)27(38)7-9-37(10-8-27)23(40)26(5-6-26)34-22(39)19-13-17(28(30,31)32)3-4-20(19)29/h3-4,11-15,21,35H,5-10H2,1-2H3,(H,34,39). The topological polar surface area (TPSA) is 114 Å². The number of hydrogen-bond acceptors (Lipinski definition) is 6. The van der Waals surface area contributed by atoms with Gasteiger partial charge in [0.2, 0.25) is 5.91 Å². The van der Waals surface area contributed by atoms with E-state index in [1.165, 1.54) is 16.8 Å². The summed E-state index contributed by atoms with van der Waals surface area (Å²) in [4.78, 5) is 57.2. The van der Waals surface area contributed by atoms with Crippen molar-refractivity contribution in [2.75, 3.05) is 20.1 Å². The predicted octanol–water partition coefficient (Wildman–Crippen LogP) is 2.78. The summed E-state index contributed by atoms with van der Waals surface area (Å²) in [6.07, 6.45) is 1.42. The van der Waals surface area contributed by atoms with Crippen LogP contribution in [-0.4, -0.2) is 81.9 Å². The summed E-state index contributed by atoms with van der Waals surface area (Å²) in [5, 5.41) is 6.57. The van der Waals surface area contributed by atoms with Gasteiger partial charge in [-0.25, -0.2) is 9.18 Å². The molecule has 2 N–H and O–H groups in total. The van der Waals surface area contributed by atoms with Crippen molar-refractivity contribution in [3.05, 3.63) is 58.6 Å². The van der Waals surface area contributed by atoms with Crippen molar-refractivity contribution in [3.63, 3.8) is 0 Å². The highest BCUT2D eigenvalue weighted by Crippen LogP contribution is 2.44. The molecule has 0 radical (unpaired) electrons. The molecule has 14 heteroatoms. The van der Waals surface area contributed by atoms with Gasteiger partial charge in [0, 0.05) is 31.8 Å². The molecule has 0 aromatic heterocycles. The summed E-state index contributed by atoms with van der Waals surface area (Å²) in [6.45, 7) is 2.18. The van der Waals surface area contributed by atoms with E-state index >= 15 is 0 Å². The molecule has 3 aliphatic heterocycles. The van der Waals surface area contributed by atoms with Gasteiger partial charge in [0.05, 0.1) is 23.4 Å². The van der Waals surface area contributed by atoms with E-state index in [4.69, 9.17) is 0 Å². The number of allylic oxidation sites excluding steroid dienone is 1. The summed E-state index contributed by atoms with van der Waals surface area (Å²) >= 11 is 0. The van der Waals surface area contributed by atoms with Crippen molar-refractivity contribution < 1.29 is 36.7 Å². The Balaban J connectivity index is 1.19. The third-order valence-electron chi connectivity index (χ3n) is 8.86. The second-order valence-electron chi connectivity index (χ2n) is 11.5. The molecule has 2 unspecified atom stereocenters. The zero-order valence-electron chi connectivity index (χ0n) is 22.8. The first-order chi connectivity index (χ1) is 19.8. The number of likely N-dealkylation sites (N-methyl/N-ethyl adjacent to an activating group) is 1. The minimum atomic E-state index is -4.77. The Labute approximate surface area is 238 Å². The smallest absolute Gasteiger partial charge is 0.340 e. The molecule has 42 heavy (non-hydrogen) atoms. The molecule has 1 aromatic carbocycles. The number of likely N-dealkylation sites (tertiary alicyclic amines) is 1. The number of nitrogens with zero attached hydrogens (tertiary/aromatic N) is 4. The van der Waals surface area contributed by atoms with Crippen LogP contribution in [0, 0.1) is 11.7 Å². The van der Waals surface area contributed by atoms with E-state index in [0.717, 1.165) is 10.5 Å². The maximum atomic E-state index is 14.3. The van der Waals surface area contributed by atoms with Gasteiger partial charge in [-0.3, -0.25) is 24.2 Å². The Hall–Kier alpha value is -4.23. The number of carbonyl (C=O) groups is 4. The number of hydrogen-bond donors (Lipinski definition) is 2. The summed E-state index contributed by atoms with van der Waals surface area (Å²) in [5.74, 6) is -3.09. The minimum absolute atomic E-state index is 0.00461. The normalized spacial score (nSPS) is 25.7. The largest absolute Gasteiger partial charge is 0.416 e. The predicted molar refractivity (Wildman–Crippen MR) is 140 cm³/mol. The van der Waals surface area contributed by atoms with E-state index < -0.39 is 52.0 Å². The fourth-order valence-corrected chi connectivity index (χ4v) is 6.30. The lowest BCUT2D eigenvalue weighted by Gasteiger charge is -2.44. The Bertz CT molecular complexity index is 1490. The second kappa shape index (κ2) is 9.39. The van der Waals surface area contributed by atoms with Crippen LogP contribution < -0.4 is 10.7 Å². The molecule has 1 saturated carbocycles. The number of alkyl halides is 3. The molecule has 1 aromatic rings. The molecule has 10 nitrogen and oxygen atoms in total. The summed E-state index contributed by atoms with van der Waals surface area (Å²) in [7, 11) is 1.42. The lowest BCUT2D eigenvalue weighted by molar-refractivity contribution is -0.141. The van der Waals surface area contributed by atoms with E-state index in [0.29, 0.717) is 23.9 Å². The number of rotatable bonds is 4. The van der Waals surface area contributed by atoms with Crippen molar-refractivity contribution in [1.82, 2.24) is 25.4 Å². The van der Waals surface area contributed by atoms with Crippen molar-refractivity contribution in [2.24, 2.45) is 11.0 Å². The Morgan fingerprint density at radius 1 is 1.12 bits per heavy atom. The first-order valence-electron chi connectivity index (χ1n) is 13.6. The average molecular weight is 589 g/mol. The summed E-state index contributed by atoms with van der Waals surface area (Å²) < 4.78 is 53.7. The van der Waals surface area contributed by atoms with Crippen LogP contribution in [0.3, 0.4) is 0 Å². The molecule has 2 saturated heterocycles. The lowest BCUT2D eigenvalue weighted by atomic mass is 9.83. The van der Waals surface area contributed by atoms with Gasteiger partial charge in [-0.2, -0.15) is 18.3 Å². The van der Waals surface area contributed by atoms with Gasteiger partial charge >= 0.3 is 12.2 Å². The van der Waals surface area contributed by atoms with Crippen molar-refractivity contribution >= 4 is 30.0 Å². The molecule has 222 valence electrons. The van der Waals surface area contributed by atoms with Gasteiger partial charge in [-0.05, 0) is 55.5 Å². The summed E-state index contributed by atoms with van der Waals surface area (Å²) in [5.41, 5.74) is -0.0594. The average Bonchev–Trinajstić information content (AvgIpc) is 3.51. The highest BCUT2D eigenvalue weighted by atomic mass is 19.4. The van der Waals surface area contributed by atoms with Gasteiger partial charge in [-0.15, -0.1) is 0 Å². The fourth-order valence-electron chi connectivity index (χ4n) is 6.30. The molecule has 2 atom stereocenters. The van der Waals surface area contributed by atoms with Crippen LogP contribution in [0.5, 0.6) is 0 Å². The number of halogens is 4. The zero-order chi connectivity index (χ0) is 30.2. The van der Waals surface area contributed by atoms with Crippen LogP contribution in [0.15, 0.2) is 46.7 Å². The molecule has 0 bridgehead atoms. The molecule has 3 fully saturated rings. The molecule has 5 aliphatic rings. The number of amides is 5. The SMILES string of the molecule is CC1C=C(N2C(=O)N(C)C(=O)C23CCN(C(=O)C2(NC(=O)c4cc(C(F)(F)F)ccc4F)CC2)CC3)C=C2C=NNC21. The molecular weight excluding hydrogens is 560 g/mol. The third-order valence-corrected chi connectivity index (χ3v) is 8.86. The minimum Gasteiger partial charge on any atom is -0.340 e. The first-order valence-corrected chi connectivity index (χ1v) is 13.6. The number of fused-ring (bicyclic) bond motifs is 1. The first kappa shape index (κ1) is 27.9. The van der Waals surface area contributed by atoms with E-state index in [1.807, 2.05) is 19.1 Å². The van der Waals surface area contributed by atoms with Crippen LogP contribution in [0.1, 0.15) is 48.5 Å². The highest BCUT2D eigenvalue weighted by Gasteiger charge is 2.60. The number of piperidine rings is 1. The second-order valence-corrected chi connectivity index (χ2v) is 11.5. The van der Waals surface area contributed by atoms with Crippen LogP contribution in [0.2, 0.25) is 0 Å². The highest BCUT2D eigenvalue weighted by molar-refractivity contribution is 6.08.